The minimum atomic E-state index is -1.35. The molecule has 0 saturated heterocycles. The van der Waals surface area contributed by atoms with Gasteiger partial charge in [-0.3, -0.25) is 4.79 Å². The predicted molar refractivity (Wildman–Crippen MR) is 160 cm³/mol. The number of carbonyl (C=O) groups excluding carboxylic acids is 3. The van der Waals surface area contributed by atoms with Crippen molar-refractivity contribution in [1.82, 2.24) is 25.5 Å². The first-order valence-corrected chi connectivity index (χ1v) is 13.9. The second-order valence-electron chi connectivity index (χ2n) is 9.78. The molecule has 5 N–H and O–H groups in total. The molecule has 4 aromatic rings. The largest absolute Gasteiger partial charge is 0.480 e. The van der Waals surface area contributed by atoms with Crippen LogP contribution in [0.2, 0.25) is 0 Å². The monoisotopic (exact) mass is 586 g/mol. The van der Waals surface area contributed by atoms with E-state index in [1.165, 1.54) is 0 Å². The number of benzene rings is 3. The summed E-state index contributed by atoms with van der Waals surface area (Å²) in [7, 11) is 0. The smallest absolute Gasteiger partial charge is 0.407 e. The number of unbranched alkanes of at least 4 members (excludes halogenated alkanes) is 1. The Morgan fingerprint density at radius 3 is 2.37 bits per heavy atom. The van der Waals surface area contributed by atoms with Gasteiger partial charge in [-0.05, 0) is 48.4 Å². The van der Waals surface area contributed by atoms with E-state index in [-0.39, 0.29) is 37.8 Å². The van der Waals surface area contributed by atoms with Gasteiger partial charge in [0.25, 0.3) is 5.91 Å². The summed E-state index contributed by atoms with van der Waals surface area (Å²) in [5.74, 6) is -1.20. The summed E-state index contributed by atoms with van der Waals surface area (Å²) >= 11 is 0. The molecule has 0 spiro atoms. The summed E-state index contributed by atoms with van der Waals surface area (Å²) in [6.45, 7) is 2.22. The van der Waals surface area contributed by atoms with Crippen LogP contribution in [-0.4, -0.2) is 63.2 Å². The topological polar surface area (TPSA) is 166 Å². The average molecular weight is 587 g/mol. The predicted octanol–water partition coefficient (Wildman–Crippen LogP) is 4.51. The third-order valence-corrected chi connectivity index (χ3v) is 6.47. The number of carboxylic acids is 1. The average Bonchev–Trinajstić information content (AvgIpc) is 3.42. The number of urea groups is 1. The number of carbonyl (C=O) groups is 4. The van der Waals surface area contributed by atoms with Crippen LogP contribution in [0.3, 0.4) is 0 Å². The first kappa shape index (κ1) is 30.6. The number of hydrogen-bond acceptors (Lipinski definition) is 6. The van der Waals surface area contributed by atoms with Crippen LogP contribution < -0.4 is 16.0 Å². The number of H-pyrrole nitrogens is 1. The summed E-state index contributed by atoms with van der Waals surface area (Å²) in [5.41, 5.74) is 3.36. The van der Waals surface area contributed by atoms with E-state index in [4.69, 9.17) is 4.74 Å². The highest BCUT2D eigenvalue weighted by Gasteiger charge is 2.22. The van der Waals surface area contributed by atoms with Crippen molar-refractivity contribution in [3.05, 3.63) is 95.8 Å². The zero-order valence-corrected chi connectivity index (χ0v) is 23.7. The molecule has 0 aliphatic heterocycles. The molecule has 4 rings (SSSR count). The summed E-state index contributed by atoms with van der Waals surface area (Å²) < 4.78 is 4.94. The van der Waals surface area contributed by atoms with Crippen molar-refractivity contribution in [3.63, 3.8) is 0 Å². The van der Waals surface area contributed by atoms with E-state index in [0.29, 0.717) is 17.9 Å². The molecule has 0 aliphatic carbocycles. The van der Waals surface area contributed by atoms with Crippen molar-refractivity contribution in [2.24, 2.45) is 0 Å². The van der Waals surface area contributed by atoms with E-state index in [9.17, 15) is 24.3 Å². The number of alkyl carbamates (subject to hydrolysis) is 1. The van der Waals surface area contributed by atoms with Crippen LogP contribution in [0, 0.1) is 0 Å². The van der Waals surface area contributed by atoms with Crippen LogP contribution in [-0.2, 0) is 22.6 Å². The number of anilines is 1. The van der Waals surface area contributed by atoms with Crippen LogP contribution in [0.1, 0.15) is 41.5 Å². The Kier molecular flexibility index (Phi) is 10.7. The van der Waals surface area contributed by atoms with Gasteiger partial charge < -0.3 is 35.7 Å². The molecule has 224 valence electrons. The molecule has 0 saturated carbocycles. The van der Waals surface area contributed by atoms with Gasteiger partial charge in [-0.1, -0.05) is 55.8 Å². The van der Waals surface area contributed by atoms with E-state index in [1.54, 1.807) is 41.3 Å². The molecular weight excluding hydrogens is 552 g/mol. The van der Waals surface area contributed by atoms with E-state index >= 15 is 0 Å². The summed E-state index contributed by atoms with van der Waals surface area (Å²) in [6, 6.07) is 21.6. The van der Waals surface area contributed by atoms with Crippen LogP contribution in [0.15, 0.2) is 78.9 Å². The highest BCUT2D eigenvalue weighted by atomic mass is 16.5. The fraction of sp³-hybridized carbons (Fsp3) is 0.258. The van der Waals surface area contributed by atoms with Crippen molar-refractivity contribution in [2.75, 3.05) is 18.5 Å². The number of aliphatic carboxylic acids is 1. The number of para-hydroxylation sites is 3. The highest BCUT2D eigenvalue weighted by molar-refractivity contribution is 5.94. The second-order valence-corrected chi connectivity index (χ2v) is 9.78. The SMILES string of the molecule is CCCCOC(=O)NC(CNC(=O)c1ccc(CN(Cc2nc3ccccc3[nH]2)C(=O)Nc2ccccc2)cc1)C(=O)O. The third-order valence-electron chi connectivity index (χ3n) is 6.47. The van der Waals surface area contributed by atoms with Crippen LogP contribution in [0.25, 0.3) is 11.0 Å². The number of aromatic amines is 1. The maximum Gasteiger partial charge on any atom is 0.407 e. The third kappa shape index (κ3) is 9.05. The minimum absolute atomic E-state index is 0.178. The van der Waals surface area contributed by atoms with Crippen molar-refractivity contribution in [3.8, 4) is 0 Å². The lowest BCUT2D eigenvalue weighted by molar-refractivity contribution is -0.139. The van der Waals surface area contributed by atoms with E-state index in [2.05, 4.69) is 25.9 Å². The Balaban J connectivity index is 1.40. The Morgan fingerprint density at radius 2 is 1.67 bits per heavy atom. The summed E-state index contributed by atoms with van der Waals surface area (Å²) in [4.78, 5) is 58.8. The van der Waals surface area contributed by atoms with E-state index < -0.39 is 24.0 Å². The molecule has 12 nitrogen and oxygen atoms in total. The molecule has 1 atom stereocenters. The van der Waals surface area contributed by atoms with Gasteiger partial charge in [-0.25, -0.2) is 19.4 Å². The lowest BCUT2D eigenvalue weighted by atomic mass is 10.1. The van der Waals surface area contributed by atoms with Gasteiger partial charge in [0.2, 0.25) is 0 Å². The molecule has 1 heterocycles. The number of hydrogen-bond donors (Lipinski definition) is 5. The Bertz CT molecular complexity index is 1510. The normalized spacial score (nSPS) is 11.4. The zero-order chi connectivity index (χ0) is 30.6. The van der Waals surface area contributed by atoms with Gasteiger partial charge >= 0.3 is 18.1 Å². The number of imidazole rings is 1. The van der Waals surface area contributed by atoms with E-state index in [1.807, 2.05) is 49.4 Å². The zero-order valence-electron chi connectivity index (χ0n) is 23.7. The molecule has 43 heavy (non-hydrogen) atoms. The highest BCUT2D eigenvalue weighted by Crippen LogP contribution is 2.16. The quantitative estimate of drug-likeness (QED) is 0.144. The molecule has 0 radical (unpaired) electrons. The van der Waals surface area contributed by atoms with Gasteiger partial charge in [0.05, 0.1) is 24.2 Å². The van der Waals surface area contributed by atoms with Crippen molar-refractivity contribution >= 4 is 40.7 Å². The number of nitrogens with zero attached hydrogens (tertiary/aromatic N) is 2. The van der Waals surface area contributed by atoms with Gasteiger partial charge in [-0.2, -0.15) is 0 Å². The number of rotatable bonds is 13. The van der Waals surface area contributed by atoms with Crippen molar-refractivity contribution in [2.45, 2.75) is 38.9 Å². The first-order valence-electron chi connectivity index (χ1n) is 13.9. The standard InChI is InChI=1S/C31H34N6O6/c1-2-3-17-43-31(42)36-26(29(39)40)18-32-28(38)22-15-13-21(14-16-22)19-37(30(41)33-23-9-5-4-6-10-23)20-27-34-24-11-7-8-12-25(24)35-27/h4-16,26H,2-3,17-20H2,1H3,(H,32,38)(H,33,41)(H,34,35)(H,36,42)(H,39,40). The Morgan fingerprint density at radius 1 is 0.953 bits per heavy atom. The lowest BCUT2D eigenvalue weighted by Crippen LogP contribution is -2.48. The molecule has 1 aromatic heterocycles. The second kappa shape index (κ2) is 15.0. The molecule has 1 unspecified atom stereocenters. The number of ether oxygens (including phenoxy) is 1. The van der Waals surface area contributed by atoms with Crippen LogP contribution in [0.5, 0.6) is 0 Å². The number of fused-ring (bicyclic) bond motifs is 1. The Labute approximate surface area is 248 Å². The number of aromatic nitrogens is 2. The molecule has 0 fully saturated rings. The molecule has 0 bridgehead atoms. The van der Waals surface area contributed by atoms with Crippen molar-refractivity contribution in [1.29, 1.82) is 0 Å². The van der Waals surface area contributed by atoms with E-state index in [0.717, 1.165) is 23.0 Å². The summed E-state index contributed by atoms with van der Waals surface area (Å²) in [5, 5.41) is 17.1. The van der Waals surface area contributed by atoms with Gasteiger partial charge in [0, 0.05) is 24.3 Å². The molecule has 12 heteroatoms. The van der Waals surface area contributed by atoms with Crippen molar-refractivity contribution < 1.29 is 29.0 Å². The van der Waals surface area contributed by atoms with Gasteiger partial charge in [-0.15, -0.1) is 0 Å². The van der Waals surface area contributed by atoms with Crippen LogP contribution >= 0.6 is 0 Å². The lowest BCUT2D eigenvalue weighted by Gasteiger charge is -2.22. The summed E-state index contributed by atoms with van der Waals surface area (Å²) in [6.07, 6.45) is 0.626. The minimum Gasteiger partial charge on any atom is -0.480 e. The van der Waals surface area contributed by atoms with Gasteiger partial charge in [0.15, 0.2) is 0 Å². The maximum atomic E-state index is 13.3. The first-order chi connectivity index (χ1) is 20.8. The van der Waals surface area contributed by atoms with Crippen LogP contribution in [0.4, 0.5) is 15.3 Å². The maximum absolute atomic E-state index is 13.3. The fourth-order valence-electron chi connectivity index (χ4n) is 4.16. The molecule has 0 aliphatic rings. The fourth-order valence-corrected chi connectivity index (χ4v) is 4.16. The number of amides is 4. The van der Waals surface area contributed by atoms with Gasteiger partial charge in [0.1, 0.15) is 11.9 Å². The number of carboxylic acid groups (broad SMARTS) is 1. The molecule has 3 aromatic carbocycles. The molecular formula is C31H34N6O6. The Hall–Kier alpha value is -5.39. The number of nitrogens with one attached hydrogen (secondary N) is 4. The molecule has 4 amide bonds.